The van der Waals surface area contributed by atoms with E-state index in [2.05, 4.69) is 15.6 Å². The number of nitrogens with one attached hydrogen (secondary N) is 2. The smallest absolute Gasteiger partial charge is 0.305 e. The summed E-state index contributed by atoms with van der Waals surface area (Å²) in [7, 11) is 0. The minimum Gasteiger partial charge on any atom is -0.481 e. The van der Waals surface area contributed by atoms with Gasteiger partial charge in [-0.25, -0.2) is 0 Å². The van der Waals surface area contributed by atoms with E-state index in [1.807, 2.05) is 42.5 Å². The molecule has 1 aromatic rings. The molecule has 0 unspecified atom stereocenters. The number of benzene rings is 1. The van der Waals surface area contributed by atoms with Crippen molar-refractivity contribution in [1.29, 1.82) is 0 Å². The van der Waals surface area contributed by atoms with Crippen LogP contribution in [0.4, 0.5) is 0 Å². The molecule has 1 amide bonds. The van der Waals surface area contributed by atoms with Crippen molar-refractivity contribution in [3.63, 3.8) is 0 Å². The van der Waals surface area contributed by atoms with Crippen molar-refractivity contribution in [3.05, 3.63) is 42.0 Å². The van der Waals surface area contributed by atoms with E-state index >= 15 is 0 Å². The summed E-state index contributed by atoms with van der Waals surface area (Å²) >= 11 is 0. The monoisotopic (exact) mass is 315 g/mol. The molecule has 2 rings (SSSR count). The Bertz CT molecular complexity index is 572. The predicted molar refractivity (Wildman–Crippen MR) is 89.2 cm³/mol. The molecule has 6 heteroatoms. The Morgan fingerprint density at radius 2 is 2.22 bits per heavy atom. The number of rotatable bonds is 8. The summed E-state index contributed by atoms with van der Waals surface area (Å²) in [6, 6.07) is 9.45. The van der Waals surface area contributed by atoms with Crippen molar-refractivity contribution >= 4 is 24.8 Å². The second-order valence-corrected chi connectivity index (χ2v) is 5.48. The van der Waals surface area contributed by atoms with Crippen molar-refractivity contribution in [2.24, 2.45) is 4.99 Å². The third-order valence-electron chi connectivity index (χ3n) is 3.77. The minimum atomic E-state index is -0.847. The van der Waals surface area contributed by atoms with E-state index in [1.165, 1.54) is 0 Å². The van der Waals surface area contributed by atoms with Gasteiger partial charge in [-0.15, -0.1) is 0 Å². The first kappa shape index (κ1) is 16.7. The Balaban J connectivity index is 1.96. The van der Waals surface area contributed by atoms with Gasteiger partial charge < -0.3 is 15.7 Å². The Labute approximate surface area is 135 Å². The maximum Gasteiger partial charge on any atom is 0.305 e. The Kier molecular flexibility index (Phi) is 6.35. The summed E-state index contributed by atoms with van der Waals surface area (Å²) in [5.41, 5.74) is 1.09. The summed E-state index contributed by atoms with van der Waals surface area (Å²) in [6.07, 6.45) is 7.46. The second-order valence-electron chi connectivity index (χ2n) is 5.48. The van der Waals surface area contributed by atoms with Crippen molar-refractivity contribution in [2.45, 2.75) is 37.4 Å². The first-order chi connectivity index (χ1) is 11.2. The summed E-state index contributed by atoms with van der Waals surface area (Å²) in [4.78, 5) is 26.0. The molecule has 1 aliphatic heterocycles. The predicted octanol–water partition coefficient (Wildman–Crippen LogP) is 1.44. The third-order valence-corrected chi connectivity index (χ3v) is 3.77. The average molecular weight is 315 g/mol. The van der Waals surface area contributed by atoms with Gasteiger partial charge in [0.2, 0.25) is 6.41 Å². The van der Waals surface area contributed by atoms with Gasteiger partial charge in [-0.05, 0) is 18.4 Å². The maximum atomic E-state index is 10.9. The number of aliphatic imine (C=N–C) groups is 1. The average Bonchev–Trinajstić information content (AvgIpc) is 2.55. The van der Waals surface area contributed by atoms with Gasteiger partial charge in [0.1, 0.15) is 0 Å². The van der Waals surface area contributed by atoms with Crippen LogP contribution in [0, 0.1) is 0 Å². The van der Waals surface area contributed by atoms with Crippen LogP contribution in [0.2, 0.25) is 0 Å². The van der Waals surface area contributed by atoms with Crippen LogP contribution in [0.25, 0.3) is 6.08 Å². The normalized spacial score (nSPS) is 21.6. The largest absolute Gasteiger partial charge is 0.481 e. The lowest BCUT2D eigenvalue weighted by molar-refractivity contribution is -0.137. The van der Waals surface area contributed by atoms with Gasteiger partial charge in [0, 0.05) is 6.04 Å². The Morgan fingerprint density at radius 1 is 1.43 bits per heavy atom. The highest BCUT2D eigenvalue weighted by molar-refractivity contribution is 5.69. The summed E-state index contributed by atoms with van der Waals surface area (Å²) < 4.78 is 0. The number of hydrogen-bond acceptors (Lipinski definition) is 4. The molecule has 1 heterocycles. The van der Waals surface area contributed by atoms with Crippen LogP contribution in [-0.2, 0) is 9.59 Å². The molecule has 1 aromatic carbocycles. The van der Waals surface area contributed by atoms with Gasteiger partial charge in [-0.1, -0.05) is 42.5 Å². The van der Waals surface area contributed by atoms with Crippen molar-refractivity contribution in [2.75, 3.05) is 0 Å². The molecule has 0 aromatic heterocycles. The highest BCUT2D eigenvalue weighted by Crippen LogP contribution is 2.16. The summed E-state index contributed by atoms with van der Waals surface area (Å²) in [5.74, 6) is -0.847. The number of hydrogen-bond donors (Lipinski definition) is 3. The van der Waals surface area contributed by atoms with Gasteiger partial charge in [-0.2, -0.15) is 0 Å². The molecule has 6 nitrogen and oxygen atoms in total. The lowest BCUT2D eigenvalue weighted by Gasteiger charge is -2.29. The van der Waals surface area contributed by atoms with E-state index in [9.17, 15) is 9.59 Å². The second kappa shape index (κ2) is 8.73. The maximum absolute atomic E-state index is 10.9. The van der Waals surface area contributed by atoms with Crippen molar-refractivity contribution < 1.29 is 14.7 Å². The molecule has 1 aliphatic rings. The molecule has 3 atom stereocenters. The zero-order chi connectivity index (χ0) is 16.5. The fraction of sp³-hybridized carbons (Fsp3) is 0.353. The number of amides is 1. The number of carboxylic acid groups (broad SMARTS) is 1. The lowest BCUT2D eigenvalue weighted by Crippen LogP contribution is -2.46. The number of carbonyl (C=O) groups is 2. The van der Waals surface area contributed by atoms with E-state index in [0.29, 0.717) is 19.3 Å². The molecule has 0 spiro atoms. The summed E-state index contributed by atoms with van der Waals surface area (Å²) in [6.45, 7) is 0. The molecule has 0 bridgehead atoms. The van der Waals surface area contributed by atoms with E-state index < -0.39 is 5.97 Å². The van der Waals surface area contributed by atoms with Gasteiger partial charge in [0.15, 0.2) is 0 Å². The van der Waals surface area contributed by atoms with Crippen molar-refractivity contribution in [1.82, 2.24) is 10.6 Å². The van der Waals surface area contributed by atoms with Gasteiger partial charge in [-0.3, -0.25) is 14.6 Å². The van der Waals surface area contributed by atoms with Crippen LogP contribution in [0.1, 0.15) is 24.8 Å². The quantitative estimate of drug-likeness (QED) is 0.633. The molecule has 0 saturated carbocycles. The SMILES string of the molecule is O=CN[C@H](C/C=C/c1ccccc1)[C@@H]1C[C@H](CC(=O)O)NC=N1. The number of carboxylic acids is 1. The standard InChI is InChI=1S/C17H21N3O3/c21-12-20-15(8-4-7-13-5-2-1-3-6-13)16-9-14(10-17(22)23)18-11-19-16/h1-7,11-12,14-16H,8-10H2,(H,18,19)(H,20,21)(H,22,23)/b7-4+/t14-,15-,16+/m1/s1. The number of nitrogens with zero attached hydrogens (tertiary/aromatic N) is 1. The number of aliphatic carboxylic acids is 1. The highest BCUT2D eigenvalue weighted by atomic mass is 16.4. The van der Waals surface area contributed by atoms with Gasteiger partial charge in [0.25, 0.3) is 0 Å². The first-order valence-corrected chi connectivity index (χ1v) is 7.60. The van der Waals surface area contributed by atoms with E-state index in [4.69, 9.17) is 5.11 Å². The minimum absolute atomic E-state index is 0.0379. The first-order valence-electron chi connectivity index (χ1n) is 7.60. The van der Waals surface area contributed by atoms with Gasteiger partial charge in [0.05, 0.1) is 24.8 Å². The number of carbonyl (C=O) groups excluding carboxylic acids is 1. The van der Waals surface area contributed by atoms with Gasteiger partial charge >= 0.3 is 5.97 Å². The van der Waals surface area contributed by atoms with Crippen LogP contribution in [-0.4, -0.2) is 41.9 Å². The molecule has 23 heavy (non-hydrogen) atoms. The van der Waals surface area contributed by atoms with Crippen molar-refractivity contribution in [3.8, 4) is 0 Å². The van der Waals surface area contributed by atoms with Crippen LogP contribution in [0.3, 0.4) is 0 Å². The molecule has 122 valence electrons. The van der Waals surface area contributed by atoms with E-state index in [1.54, 1.807) is 6.34 Å². The molecular formula is C17H21N3O3. The zero-order valence-electron chi connectivity index (χ0n) is 12.8. The fourth-order valence-electron chi connectivity index (χ4n) is 2.62. The van der Waals surface area contributed by atoms with Crippen LogP contribution in [0.15, 0.2) is 41.4 Å². The molecule has 0 fully saturated rings. The Hall–Kier alpha value is -2.63. The molecule has 0 saturated heterocycles. The van der Waals surface area contributed by atoms with Crippen LogP contribution >= 0.6 is 0 Å². The zero-order valence-corrected chi connectivity index (χ0v) is 12.8. The topological polar surface area (TPSA) is 90.8 Å². The Morgan fingerprint density at radius 3 is 2.91 bits per heavy atom. The highest BCUT2D eigenvalue weighted by Gasteiger charge is 2.26. The van der Waals surface area contributed by atoms with E-state index in [-0.39, 0.29) is 24.5 Å². The molecule has 0 radical (unpaired) electrons. The molecular weight excluding hydrogens is 294 g/mol. The third kappa shape index (κ3) is 5.58. The lowest BCUT2D eigenvalue weighted by atomic mass is 9.95. The van der Waals surface area contributed by atoms with E-state index in [0.717, 1.165) is 5.56 Å². The fourth-order valence-corrected chi connectivity index (χ4v) is 2.62. The molecule has 0 aliphatic carbocycles. The summed E-state index contributed by atoms with van der Waals surface area (Å²) in [5, 5.41) is 14.6. The molecule has 3 N–H and O–H groups in total. The van der Waals surface area contributed by atoms with Crippen LogP contribution in [0.5, 0.6) is 0 Å². The van der Waals surface area contributed by atoms with Crippen LogP contribution < -0.4 is 10.6 Å².